The van der Waals surface area contributed by atoms with Crippen molar-refractivity contribution >= 4 is 41.1 Å². The summed E-state index contributed by atoms with van der Waals surface area (Å²) in [4.78, 5) is 47.7. The van der Waals surface area contributed by atoms with Gasteiger partial charge in [-0.1, -0.05) is 19.3 Å². The summed E-state index contributed by atoms with van der Waals surface area (Å²) in [5.74, 6) is -4.23. The molecule has 3 aromatic heterocycles. The molecule has 10 N–H and O–H groups in total. The van der Waals surface area contributed by atoms with Gasteiger partial charge in [0, 0.05) is 30.0 Å². The maximum atomic E-state index is 14.4. The van der Waals surface area contributed by atoms with Crippen LogP contribution in [0.15, 0.2) is 40.6 Å². The van der Waals surface area contributed by atoms with E-state index >= 15 is 0 Å². The fourth-order valence-electron chi connectivity index (χ4n) is 4.12. The number of nitrogens with two attached hydrogens (primary N) is 2. The second-order valence-electron chi connectivity index (χ2n) is 11.3. The Morgan fingerprint density at radius 1 is 1.10 bits per heavy atom. The molecule has 17 nitrogen and oxygen atoms in total. The van der Waals surface area contributed by atoms with Crippen LogP contribution in [-0.4, -0.2) is 107 Å². The third kappa shape index (κ3) is 14.5. The minimum atomic E-state index is -1.21. The van der Waals surface area contributed by atoms with Gasteiger partial charge < -0.3 is 47.1 Å². The molecule has 0 radical (unpaired) electrons. The van der Waals surface area contributed by atoms with Crippen molar-refractivity contribution in [2.45, 2.75) is 70.2 Å². The highest BCUT2D eigenvalue weighted by molar-refractivity contribution is 7.13. The number of nitrogens with zero attached hydrogens (tertiary/aromatic N) is 5. The number of ether oxygens (including phenoxy) is 1. The number of aromatic nitrogens is 4. The molecule has 20 heteroatoms. The number of hydrogen-bond donors (Lipinski definition) is 8. The Balaban J connectivity index is 0.000000742. The van der Waals surface area contributed by atoms with Gasteiger partial charge in [0.05, 0.1) is 61.8 Å². The number of nitrogens with one attached hydrogen (secondary N) is 1. The first-order valence-corrected chi connectivity index (χ1v) is 16.9. The summed E-state index contributed by atoms with van der Waals surface area (Å²) in [6.45, 7) is 0.496. The minimum Gasteiger partial charge on any atom is -0.481 e. The number of aliphatic carboxylic acids is 1. The molecule has 0 saturated heterocycles. The van der Waals surface area contributed by atoms with Crippen LogP contribution in [0.3, 0.4) is 0 Å². The maximum absolute atomic E-state index is 14.4. The minimum absolute atomic E-state index is 0.0209. The lowest BCUT2D eigenvalue weighted by atomic mass is 9.96. The van der Waals surface area contributed by atoms with Gasteiger partial charge in [-0.3, -0.25) is 19.4 Å². The van der Waals surface area contributed by atoms with Gasteiger partial charge >= 0.3 is 11.9 Å². The first-order valence-electron chi connectivity index (χ1n) is 16.0. The SMILES string of the molecule is CCO.N/C(=C(\C=NC1CCCCC1)NC(=O)c1csc(-c2cnn(COC(=O)CCC(=O)O)c2)n1)c1nc(F)ccc1F.NC(CO)(CO)CO. The Labute approximate surface area is 301 Å². The zero-order chi connectivity index (χ0) is 38.7. The average molecular weight is 755 g/mol. The fraction of sp³-hybridized carbons (Fsp3) is 0.469. The van der Waals surface area contributed by atoms with E-state index < -0.39 is 60.7 Å². The molecular formula is C32H44F2N8O9S. The summed E-state index contributed by atoms with van der Waals surface area (Å²) in [5, 5.41) is 49.8. The third-order valence-electron chi connectivity index (χ3n) is 7.06. The quantitative estimate of drug-likeness (QED) is 0.0652. The van der Waals surface area contributed by atoms with E-state index in [2.05, 4.69) is 25.4 Å². The standard InChI is InChI=1S/C26H27F2N7O5S.C4H11NO3.C2H6O/c27-17-6-7-20(28)34-24(17)23(29)18(11-30-16-4-2-1-3-5-16)32-25(39)19-13-41-26(33-19)15-10-31-35(12-15)14-40-22(38)9-8-21(36)37;5-4(1-6,2-7)3-8;1-2-3/h6-7,10-13,16H,1-5,8-9,14,29H2,(H,32,39)(H,36,37);6-8H,1-3,5H2;3H,2H2,1H3/b23-18+,30-11?;;. The van der Waals surface area contributed by atoms with Gasteiger partial charge in [0.1, 0.15) is 16.4 Å². The number of halogens is 2. The summed E-state index contributed by atoms with van der Waals surface area (Å²) < 4.78 is 34.5. The van der Waals surface area contributed by atoms with E-state index in [1.807, 2.05) is 0 Å². The molecular weight excluding hydrogens is 710 g/mol. The predicted molar refractivity (Wildman–Crippen MR) is 185 cm³/mol. The Morgan fingerprint density at radius 3 is 2.35 bits per heavy atom. The smallest absolute Gasteiger partial charge is 0.308 e. The maximum Gasteiger partial charge on any atom is 0.308 e. The molecule has 4 rings (SSSR count). The number of carbonyl (C=O) groups excluding carboxylic acids is 2. The van der Waals surface area contributed by atoms with Gasteiger partial charge in [-0.05, 0) is 31.9 Å². The van der Waals surface area contributed by atoms with Crippen molar-refractivity contribution in [2.75, 3.05) is 26.4 Å². The van der Waals surface area contributed by atoms with Crippen molar-refractivity contribution in [1.82, 2.24) is 25.1 Å². The molecule has 3 heterocycles. The van der Waals surface area contributed by atoms with E-state index in [0.717, 1.165) is 55.6 Å². The van der Waals surface area contributed by atoms with Crippen LogP contribution in [0.25, 0.3) is 16.3 Å². The number of aliphatic hydroxyl groups is 4. The largest absolute Gasteiger partial charge is 0.481 e. The van der Waals surface area contributed by atoms with Crippen LogP contribution in [0.4, 0.5) is 8.78 Å². The highest BCUT2D eigenvalue weighted by Gasteiger charge is 2.21. The van der Waals surface area contributed by atoms with E-state index in [4.69, 9.17) is 41.7 Å². The molecule has 3 aromatic rings. The number of aliphatic hydroxyl groups excluding tert-OH is 4. The summed E-state index contributed by atoms with van der Waals surface area (Å²) in [6.07, 6.45) is 8.66. The van der Waals surface area contributed by atoms with Crippen molar-refractivity contribution in [3.63, 3.8) is 0 Å². The molecule has 0 spiro atoms. The van der Waals surface area contributed by atoms with Crippen LogP contribution in [0.2, 0.25) is 0 Å². The lowest BCUT2D eigenvalue weighted by molar-refractivity contribution is -0.151. The average Bonchev–Trinajstić information content (AvgIpc) is 3.84. The van der Waals surface area contributed by atoms with Gasteiger partial charge in [0.2, 0.25) is 5.95 Å². The lowest BCUT2D eigenvalue weighted by Crippen LogP contribution is -2.50. The lowest BCUT2D eigenvalue weighted by Gasteiger charge is -2.20. The Hall–Kier alpha value is -4.73. The van der Waals surface area contributed by atoms with Gasteiger partial charge in [-0.2, -0.15) is 9.49 Å². The summed E-state index contributed by atoms with van der Waals surface area (Å²) in [5.41, 5.74) is 9.87. The second-order valence-corrected chi connectivity index (χ2v) is 12.2. The van der Waals surface area contributed by atoms with Crippen molar-refractivity contribution in [1.29, 1.82) is 0 Å². The molecule has 1 aliphatic rings. The number of rotatable bonds is 14. The Kier molecular flexibility index (Phi) is 18.6. The van der Waals surface area contributed by atoms with Crippen molar-refractivity contribution in [3.8, 4) is 10.6 Å². The van der Waals surface area contributed by atoms with Crippen LogP contribution in [0, 0.1) is 11.8 Å². The van der Waals surface area contributed by atoms with E-state index in [0.29, 0.717) is 10.6 Å². The second kappa shape index (κ2) is 22.3. The summed E-state index contributed by atoms with van der Waals surface area (Å²) in [6, 6.07) is 1.78. The van der Waals surface area contributed by atoms with Gasteiger partial charge in [0.15, 0.2) is 12.5 Å². The number of thiazole rings is 1. The zero-order valence-corrected chi connectivity index (χ0v) is 29.3. The zero-order valence-electron chi connectivity index (χ0n) is 28.5. The van der Waals surface area contributed by atoms with Crippen molar-refractivity contribution in [2.24, 2.45) is 16.5 Å². The molecule has 1 amide bonds. The number of hydrogen-bond acceptors (Lipinski definition) is 15. The number of carboxylic acid groups (broad SMARTS) is 1. The molecule has 0 bridgehead atoms. The van der Waals surface area contributed by atoms with E-state index in [-0.39, 0.29) is 49.3 Å². The van der Waals surface area contributed by atoms with Gasteiger partial charge in [0.25, 0.3) is 5.91 Å². The normalized spacial score (nSPS) is 13.7. The monoisotopic (exact) mass is 754 g/mol. The first-order chi connectivity index (χ1) is 24.8. The van der Waals surface area contributed by atoms with Crippen molar-refractivity contribution in [3.05, 3.63) is 58.8 Å². The van der Waals surface area contributed by atoms with Crippen LogP contribution in [0.5, 0.6) is 0 Å². The van der Waals surface area contributed by atoms with E-state index in [1.54, 1.807) is 13.1 Å². The molecule has 0 atom stereocenters. The molecule has 52 heavy (non-hydrogen) atoms. The predicted octanol–water partition coefficient (Wildman–Crippen LogP) is 1.17. The highest BCUT2D eigenvalue weighted by Crippen LogP contribution is 2.24. The topological polar surface area (TPSA) is 282 Å². The van der Waals surface area contributed by atoms with Crippen LogP contribution < -0.4 is 16.8 Å². The number of aliphatic imine (C=N–C) groups is 1. The molecule has 1 fully saturated rings. The highest BCUT2D eigenvalue weighted by atomic mass is 32.1. The molecule has 286 valence electrons. The number of amides is 1. The van der Waals surface area contributed by atoms with Crippen molar-refractivity contribution < 1.29 is 53.4 Å². The van der Waals surface area contributed by atoms with Crippen LogP contribution in [0.1, 0.15) is 68.1 Å². The summed E-state index contributed by atoms with van der Waals surface area (Å²) in [7, 11) is 0. The van der Waals surface area contributed by atoms with Crippen LogP contribution in [-0.2, 0) is 21.1 Å². The first kappa shape index (κ1) is 43.4. The van der Waals surface area contributed by atoms with E-state index in [1.165, 1.54) is 22.5 Å². The number of allylic oxidation sites excluding steroid dienone is 1. The molecule has 1 saturated carbocycles. The van der Waals surface area contributed by atoms with E-state index in [9.17, 15) is 23.2 Å². The fourth-order valence-corrected chi connectivity index (χ4v) is 4.90. The Morgan fingerprint density at radius 2 is 1.75 bits per heavy atom. The van der Waals surface area contributed by atoms with Crippen LogP contribution >= 0.6 is 11.3 Å². The molecule has 0 aliphatic heterocycles. The number of carboxylic acids is 1. The number of pyridine rings is 1. The summed E-state index contributed by atoms with van der Waals surface area (Å²) >= 11 is 1.15. The van der Waals surface area contributed by atoms with Gasteiger partial charge in [-0.15, -0.1) is 11.3 Å². The number of esters is 1. The molecule has 1 aliphatic carbocycles. The molecule has 0 unspecified atom stereocenters. The molecule has 0 aromatic carbocycles. The Bertz CT molecular complexity index is 1650. The van der Waals surface area contributed by atoms with Gasteiger partial charge in [-0.25, -0.2) is 19.0 Å². The third-order valence-corrected chi connectivity index (χ3v) is 7.95. The number of carbonyl (C=O) groups is 3.